The second kappa shape index (κ2) is 5.41. The Labute approximate surface area is 130 Å². The molecule has 0 N–H and O–H groups in total. The highest BCUT2D eigenvalue weighted by Crippen LogP contribution is 2.35. The molecule has 0 saturated carbocycles. The van der Waals surface area contributed by atoms with Crippen molar-refractivity contribution in [2.75, 3.05) is 6.54 Å². The van der Waals surface area contributed by atoms with Gasteiger partial charge in [0, 0.05) is 0 Å². The first-order valence-electron chi connectivity index (χ1n) is 7.46. The molecule has 22 heavy (non-hydrogen) atoms. The lowest BCUT2D eigenvalue weighted by atomic mass is 9.92. The van der Waals surface area contributed by atoms with Gasteiger partial charge in [-0.25, -0.2) is 0 Å². The molecule has 1 saturated heterocycles. The van der Waals surface area contributed by atoms with Gasteiger partial charge in [-0.3, -0.25) is 9.59 Å². The van der Waals surface area contributed by atoms with Crippen molar-refractivity contribution in [1.82, 2.24) is 4.90 Å². The van der Waals surface area contributed by atoms with Gasteiger partial charge in [0.25, 0.3) is 0 Å². The van der Waals surface area contributed by atoms with Crippen LogP contribution in [0.5, 0.6) is 0 Å². The molecule has 1 heterocycles. The Balaban J connectivity index is 1.95. The average molecular weight is 293 g/mol. The fourth-order valence-corrected chi connectivity index (χ4v) is 3.07. The quantitative estimate of drug-likeness (QED) is 0.815. The van der Waals surface area contributed by atoms with Crippen LogP contribution in [-0.2, 0) is 15.1 Å². The molecule has 1 fully saturated rings. The van der Waals surface area contributed by atoms with Gasteiger partial charge in [-0.05, 0) is 25.0 Å². The van der Waals surface area contributed by atoms with Crippen LogP contribution in [0.4, 0.5) is 0 Å². The van der Waals surface area contributed by atoms with Crippen LogP contribution in [0.25, 0.3) is 0 Å². The van der Waals surface area contributed by atoms with E-state index < -0.39 is 11.5 Å². The molecule has 1 atom stereocenters. The van der Waals surface area contributed by atoms with E-state index in [0.29, 0.717) is 0 Å². The second-order valence-corrected chi connectivity index (χ2v) is 6.16. The molecule has 3 rings (SSSR count). The standard InChI is InChI=1S/C19H19NO2/c1-19(2,15-11-7-4-8-12-15)20-13-16(21)17(18(20)22)14-9-5-3-6-10-14/h3-12,17H,13H2,1-2H3. The molecule has 1 aliphatic heterocycles. The van der Waals surface area contributed by atoms with Gasteiger partial charge in [0.05, 0.1) is 12.1 Å². The van der Waals surface area contributed by atoms with E-state index >= 15 is 0 Å². The SMILES string of the molecule is CC(C)(c1ccccc1)N1CC(=O)C(c2ccccc2)C1=O. The maximum Gasteiger partial charge on any atom is 0.238 e. The zero-order valence-electron chi connectivity index (χ0n) is 12.8. The third-order valence-electron chi connectivity index (χ3n) is 4.44. The Kier molecular flexibility index (Phi) is 3.57. The molecule has 3 heteroatoms. The smallest absolute Gasteiger partial charge is 0.238 e. The van der Waals surface area contributed by atoms with Gasteiger partial charge in [0.1, 0.15) is 5.92 Å². The van der Waals surface area contributed by atoms with E-state index in [0.717, 1.165) is 11.1 Å². The number of carbonyl (C=O) groups is 2. The summed E-state index contributed by atoms with van der Waals surface area (Å²) in [6, 6.07) is 19.1. The largest absolute Gasteiger partial charge is 0.325 e. The summed E-state index contributed by atoms with van der Waals surface area (Å²) in [5.74, 6) is -0.797. The highest BCUT2D eigenvalue weighted by Gasteiger charge is 2.46. The fourth-order valence-electron chi connectivity index (χ4n) is 3.07. The van der Waals surface area contributed by atoms with E-state index in [1.807, 2.05) is 74.5 Å². The van der Waals surface area contributed by atoms with Crippen LogP contribution in [-0.4, -0.2) is 23.1 Å². The van der Waals surface area contributed by atoms with E-state index in [2.05, 4.69) is 0 Å². The van der Waals surface area contributed by atoms with Gasteiger partial charge < -0.3 is 4.90 Å². The normalized spacial score (nSPS) is 18.8. The summed E-state index contributed by atoms with van der Waals surface area (Å²) in [4.78, 5) is 26.9. The summed E-state index contributed by atoms with van der Waals surface area (Å²) in [5, 5.41) is 0. The zero-order chi connectivity index (χ0) is 15.7. The van der Waals surface area contributed by atoms with Gasteiger partial charge >= 0.3 is 0 Å². The van der Waals surface area contributed by atoms with Crippen LogP contribution in [0.15, 0.2) is 60.7 Å². The first-order chi connectivity index (χ1) is 10.5. The molecule has 1 unspecified atom stereocenters. The summed E-state index contributed by atoms with van der Waals surface area (Å²) >= 11 is 0. The molecular formula is C19H19NO2. The predicted molar refractivity (Wildman–Crippen MR) is 85.4 cm³/mol. The Bertz CT molecular complexity index is 692. The predicted octanol–water partition coefficient (Wildman–Crippen LogP) is 3.12. The van der Waals surface area contributed by atoms with Crippen molar-refractivity contribution < 1.29 is 9.59 Å². The second-order valence-electron chi connectivity index (χ2n) is 6.16. The number of carbonyl (C=O) groups excluding carboxylic acids is 2. The van der Waals surface area contributed by atoms with Crippen LogP contribution in [0, 0.1) is 0 Å². The molecule has 0 bridgehead atoms. The van der Waals surface area contributed by atoms with Crippen LogP contribution >= 0.6 is 0 Å². The molecule has 112 valence electrons. The van der Waals surface area contributed by atoms with Crippen molar-refractivity contribution in [3.63, 3.8) is 0 Å². The van der Waals surface area contributed by atoms with Crippen LogP contribution in [0.1, 0.15) is 30.9 Å². The minimum Gasteiger partial charge on any atom is -0.325 e. The lowest BCUT2D eigenvalue weighted by molar-refractivity contribution is -0.133. The Hall–Kier alpha value is -2.42. The van der Waals surface area contributed by atoms with E-state index in [9.17, 15) is 9.59 Å². The Morgan fingerprint density at radius 1 is 0.909 bits per heavy atom. The number of nitrogens with zero attached hydrogens (tertiary/aromatic N) is 1. The number of rotatable bonds is 3. The maximum absolute atomic E-state index is 12.8. The molecule has 0 spiro atoms. The molecular weight excluding hydrogens is 274 g/mol. The molecule has 3 nitrogen and oxygen atoms in total. The highest BCUT2D eigenvalue weighted by atomic mass is 16.2. The molecule has 2 aromatic rings. The van der Waals surface area contributed by atoms with E-state index in [1.165, 1.54) is 0 Å². The van der Waals surface area contributed by atoms with Crippen LogP contribution in [0.2, 0.25) is 0 Å². The van der Waals surface area contributed by atoms with E-state index in [-0.39, 0.29) is 18.2 Å². The Morgan fingerprint density at radius 2 is 1.45 bits per heavy atom. The highest BCUT2D eigenvalue weighted by molar-refractivity contribution is 6.13. The summed E-state index contributed by atoms with van der Waals surface area (Å²) < 4.78 is 0. The lowest BCUT2D eigenvalue weighted by Gasteiger charge is -2.35. The summed E-state index contributed by atoms with van der Waals surface area (Å²) in [6.45, 7) is 4.14. The molecule has 0 radical (unpaired) electrons. The van der Waals surface area contributed by atoms with Crippen LogP contribution in [0.3, 0.4) is 0 Å². The van der Waals surface area contributed by atoms with Gasteiger partial charge in [-0.2, -0.15) is 0 Å². The van der Waals surface area contributed by atoms with E-state index in [4.69, 9.17) is 0 Å². The molecule has 0 aliphatic carbocycles. The number of ketones is 1. The fraction of sp³-hybridized carbons (Fsp3) is 0.263. The third-order valence-corrected chi connectivity index (χ3v) is 4.44. The lowest BCUT2D eigenvalue weighted by Crippen LogP contribution is -2.43. The van der Waals surface area contributed by atoms with Crippen molar-refractivity contribution in [3.05, 3.63) is 71.8 Å². The van der Waals surface area contributed by atoms with Crippen molar-refractivity contribution in [2.24, 2.45) is 0 Å². The summed E-state index contributed by atoms with van der Waals surface area (Å²) in [6.07, 6.45) is 0. The van der Waals surface area contributed by atoms with Crippen molar-refractivity contribution in [2.45, 2.75) is 25.3 Å². The number of benzene rings is 2. The number of amides is 1. The molecule has 0 aromatic heterocycles. The first kappa shape index (κ1) is 14.5. The zero-order valence-corrected chi connectivity index (χ0v) is 12.8. The van der Waals surface area contributed by atoms with Crippen molar-refractivity contribution >= 4 is 11.7 Å². The summed E-state index contributed by atoms with van der Waals surface area (Å²) in [7, 11) is 0. The third kappa shape index (κ3) is 2.33. The molecule has 2 aromatic carbocycles. The van der Waals surface area contributed by atoms with E-state index in [1.54, 1.807) is 4.90 Å². The first-order valence-corrected chi connectivity index (χ1v) is 7.46. The minimum absolute atomic E-state index is 0.0276. The average Bonchev–Trinajstić information content (AvgIpc) is 2.84. The van der Waals surface area contributed by atoms with Gasteiger partial charge in [0.2, 0.25) is 5.91 Å². The Morgan fingerprint density at radius 3 is 2.05 bits per heavy atom. The topological polar surface area (TPSA) is 37.4 Å². The summed E-state index contributed by atoms with van der Waals surface area (Å²) in [5.41, 5.74) is 1.31. The van der Waals surface area contributed by atoms with Crippen molar-refractivity contribution in [3.8, 4) is 0 Å². The van der Waals surface area contributed by atoms with Gasteiger partial charge in [0.15, 0.2) is 5.78 Å². The number of likely N-dealkylation sites (tertiary alicyclic amines) is 1. The van der Waals surface area contributed by atoms with Crippen molar-refractivity contribution in [1.29, 1.82) is 0 Å². The van der Waals surface area contributed by atoms with Gasteiger partial charge in [-0.1, -0.05) is 60.7 Å². The number of hydrogen-bond donors (Lipinski definition) is 0. The molecule has 1 amide bonds. The van der Waals surface area contributed by atoms with Gasteiger partial charge in [-0.15, -0.1) is 0 Å². The maximum atomic E-state index is 12.8. The monoisotopic (exact) mass is 293 g/mol. The minimum atomic E-state index is -0.663. The number of Topliss-reactive ketones (excluding diaryl/α,β-unsaturated/α-hetero) is 1. The molecule has 1 aliphatic rings. The number of hydrogen-bond acceptors (Lipinski definition) is 2. The van der Waals surface area contributed by atoms with Crippen LogP contribution < -0.4 is 0 Å².